The van der Waals surface area contributed by atoms with Crippen LogP contribution >= 0.6 is 11.8 Å². The van der Waals surface area contributed by atoms with Crippen LogP contribution in [0.15, 0.2) is 59.5 Å². The number of nitrogens with zero attached hydrogens (tertiary/aromatic N) is 2. The lowest BCUT2D eigenvalue weighted by Gasteiger charge is -2.34. The van der Waals surface area contributed by atoms with Crippen molar-refractivity contribution in [1.29, 1.82) is 0 Å². The maximum absolute atomic E-state index is 12.4. The van der Waals surface area contributed by atoms with Crippen LogP contribution in [0, 0.1) is 0 Å². The van der Waals surface area contributed by atoms with E-state index in [4.69, 9.17) is 9.84 Å². The molecule has 160 valence electrons. The van der Waals surface area contributed by atoms with Crippen molar-refractivity contribution in [3.8, 4) is 0 Å². The fourth-order valence-electron chi connectivity index (χ4n) is 3.21. The number of amides is 2. The van der Waals surface area contributed by atoms with Gasteiger partial charge < -0.3 is 19.6 Å². The molecule has 0 bridgehead atoms. The summed E-state index contributed by atoms with van der Waals surface area (Å²) in [5, 5.41) is 9.07. The fourth-order valence-corrected chi connectivity index (χ4v) is 4.06. The standard InChI is InChI=1S/C23H28N2O4S/c26-17-19-8-10-21(11-9-19)30-16-4-7-22(27)24-12-14-25(15-13-24)23(28)29-18-20-5-2-1-3-6-20/h1-3,5-6,8-11,26H,4,7,12-18H2. The van der Waals surface area contributed by atoms with Crippen LogP contribution in [0.5, 0.6) is 0 Å². The van der Waals surface area contributed by atoms with Gasteiger partial charge in [0.2, 0.25) is 5.91 Å². The van der Waals surface area contributed by atoms with Gasteiger partial charge in [0, 0.05) is 37.5 Å². The van der Waals surface area contributed by atoms with Crippen LogP contribution in [0.3, 0.4) is 0 Å². The zero-order valence-electron chi connectivity index (χ0n) is 17.0. The Morgan fingerprint density at radius 2 is 1.57 bits per heavy atom. The van der Waals surface area contributed by atoms with Gasteiger partial charge in [-0.3, -0.25) is 4.79 Å². The maximum Gasteiger partial charge on any atom is 0.410 e. The lowest BCUT2D eigenvalue weighted by molar-refractivity contribution is -0.132. The Morgan fingerprint density at radius 3 is 2.23 bits per heavy atom. The monoisotopic (exact) mass is 428 g/mol. The van der Waals surface area contributed by atoms with Gasteiger partial charge in [0.05, 0.1) is 6.61 Å². The molecule has 2 amide bonds. The first-order valence-electron chi connectivity index (χ1n) is 10.2. The first kappa shape index (κ1) is 22.2. The molecule has 1 saturated heterocycles. The molecule has 30 heavy (non-hydrogen) atoms. The Morgan fingerprint density at radius 1 is 0.900 bits per heavy atom. The third kappa shape index (κ3) is 6.78. The first-order chi connectivity index (χ1) is 14.7. The highest BCUT2D eigenvalue weighted by atomic mass is 32.2. The highest BCUT2D eigenvalue weighted by Gasteiger charge is 2.24. The largest absolute Gasteiger partial charge is 0.445 e. The Bertz CT molecular complexity index is 806. The Balaban J connectivity index is 1.31. The average Bonchev–Trinajstić information content (AvgIpc) is 2.81. The van der Waals surface area contributed by atoms with E-state index in [9.17, 15) is 9.59 Å². The van der Waals surface area contributed by atoms with E-state index in [2.05, 4.69) is 0 Å². The molecule has 0 aromatic heterocycles. The van der Waals surface area contributed by atoms with Crippen molar-refractivity contribution in [3.05, 3.63) is 65.7 Å². The minimum absolute atomic E-state index is 0.0530. The van der Waals surface area contributed by atoms with Crippen molar-refractivity contribution in [1.82, 2.24) is 9.80 Å². The number of thioether (sulfide) groups is 1. The van der Waals surface area contributed by atoms with Gasteiger partial charge >= 0.3 is 6.09 Å². The highest BCUT2D eigenvalue weighted by molar-refractivity contribution is 7.99. The normalized spacial score (nSPS) is 13.9. The minimum Gasteiger partial charge on any atom is -0.445 e. The van der Waals surface area contributed by atoms with Crippen molar-refractivity contribution in [3.63, 3.8) is 0 Å². The van der Waals surface area contributed by atoms with Crippen molar-refractivity contribution in [2.75, 3.05) is 31.9 Å². The predicted octanol–water partition coefficient (Wildman–Crippen LogP) is 3.53. The molecule has 1 heterocycles. The number of ether oxygens (including phenoxy) is 1. The molecule has 1 fully saturated rings. The summed E-state index contributed by atoms with van der Waals surface area (Å²) in [6.07, 6.45) is 1.000. The van der Waals surface area contributed by atoms with E-state index in [0.29, 0.717) is 32.6 Å². The Hall–Kier alpha value is -2.51. The molecule has 0 aliphatic carbocycles. The van der Waals surface area contributed by atoms with Crippen LogP contribution < -0.4 is 0 Å². The molecule has 6 nitrogen and oxygen atoms in total. The summed E-state index contributed by atoms with van der Waals surface area (Å²) in [5.41, 5.74) is 1.86. The Labute approximate surface area is 181 Å². The summed E-state index contributed by atoms with van der Waals surface area (Å²) in [6, 6.07) is 17.4. The molecule has 2 aromatic rings. The zero-order valence-corrected chi connectivity index (χ0v) is 17.9. The summed E-state index contributed by atoms with van der Waals surface area (Å²) >= 11 is 1.71. The fraction of sp³-hybridized carbons (Fsp3) is 0.391. The molecule has 3 rings (SSSR count). The van der Waals surface area contributed by atoms with E-state index >= 15 is 0 Å². The Kier molecular flexibility index (Phi) is 8.59. The van der Waals surface area contributed by atoms with Crippen LogP contribution in [0.1, 0.15) is 24.0 Å². The number of carbonyl (C=O) groups excluding carboxylic acids is 2. The minimum atomic E-state index is -0.324. The number of benzene rings is 2. The smallest absolute Gasteiger partial charge is 0.410 e. The van der Waals surface area contributed by atoms with Gasteiger partial charge in [-0.15, -0.1) is 11.8 Å². The molecule has 0 unspecified atom stereocenters. The second kappa shape index (κ2) is 11.6. The molecular weight excluding hydrogens is 400 g/mol. The zero-order chi connectivity index (χ0) is 21.2. The molecule has 1 aliphatic rings. The van der Waals surface area contributed by atoms with Gasteiger partial charge in [-0.25, -0.2) is 4.79 Å². The van der Waals surface area contributed by atoms with Gasteiger partial charge in [-0.1, -0.05) is 42.5 Å². The van der Waals surface area contributed by atoms with E-state index in [1.165, 1.54) is 0 Å². The number of piperazine rings is 1. The van der Waals surface area contributed by atoms with Crippen molar-refractivity contribution >= 4 is 23.8 Å². The summed E-state index contributed by atoms with van der Waals surface area (Å²) < 4.78 is 5.37. The van der Waals surface area contributed by atoms with E-state index in [0.717, 1.165) is 28.2 Å². The van der Waals surface area contributed by atoms with Crippen molar-refractivity contribution in [2.24, 2.45) is 0 Å². The van der Waals surface area contributed by atoms with Crippen molar-refractivity contribution < 1.29 is 19.4 Å². The molecule has 0 saturated carbocycles. The molecule has 7 heteroatoms. The van der Waals surface area contributed by atoms with Gasteiger partial charge in [0.25, 0.3) is 0 Å². The van der Waals surface area contributed by atoms with Crippen LogP contribution in [0.4, 0.5) is 4.79 Å². The number of aliphatic hydroxyl groups excluding tert-OH is 1. The number of aliphatic hydroxyl groups is 1. The van der Waals surface area contributed by atoms with E-state index in [-0.39, 0.29) is 25.2 Å². The highest BCUT2D eigenvalue weighted by Crippen LogP contribution is 2.20. The van der Waals surface area contributed by atoms with Crippen LogP contribution in [-0.4, -0.2) is 58.8 Å². The molecule has 0 spiro atoms. The average molecular weight is 429 g/mol. The lowest BCUT2D eigenvalue weighted by atomic mass is 10.2. The van der Waals surface area contributed by atoms with Gasteiger partial charge in [-0.2, -0.15) is 0 Å². The van der Waals surface area contributed by atoms with Gasteiger partial charge in [-0.05, 0) is 35.4 Å². The number of hydrogen-bond acceptors (Lipinski definition) is 5. The van der Waals surface area contributed by atoms with Crippen LogP contribution in [0.2, 0.25) is 0 Å². The molecule has 1 N–H and O–H groups in total. The third-order valence-corrected chi connectivity index (χ3v) is 6.10. The second-order valence-electron chi connectivity index (χ2n) is 7.16. The third-order valence-electron chi connectivity index (χ3n) is 5.01. The van der Waals surface area contributed by atoms with Crippen LogP contribution in [0.25, 0.3) is 0 Å². The molecule has 0 atom stereocenters. The first-order valence-corrected chi connectivity index (χ1v) is 11.2. The van der Waals surface area contributed by atoms with E-state index in [1.54, 1.807) is 16.7 Å². The van der Waals surface area contributed by atoms with Gasteiger partial charge in [0.1, 0.15) is 6.61 Å². The summed E-state index contributed by atoms with van der Waals surface area (Å²) in [6.45, 7) is 2.43. The number of rotatable bonds is 8. The number of carbonyl (C=O) groups is 2. The summed E-state index contributed by atoms with van der Waals surface area (Å²) in [7, 11) is 0. The molecule has 2 aromatic carbocycles. The summed E-state index contributed by atoms with van der Waals surface area (Å²) in [5.74, 6) is 1.01. The van der Waals surface area contributed by atoms with E-state index in [1.807, 2.05) is 59.5 Å². The summed E-state index contributed by atoms with van der Waals surface area (Å²) in [4.78, 5) is 29.3. The SMILES string of the molecule is O=C(CCCSc1ccc(CO)cc1)N1CCN(C(=O)OCc2ccccc2)CC1. The molecule has 0 radical (unpaired) electrons. The lowest BCUT2D eigenvalue weighted by Crippen LogP contribution is -2.50. The quantitative estimate of drug-likeness (QED) is 0.515. The predicted molar refractivity (Wildman–Crippen MR) is 117 cm³/mol. The second-order valence-corrected chi connectivity index (χ2v) is 8.33. The molecular formula is C23H28N2O4S. The van der Waals surface area contributed by atoms with Crippen LogP contribution in [-0.2, 0) is 22.7 Å². The van der Waals surface area contributed by atoms with Crippen molar-refractivity contribution in [2.45, 2.75) is 31.0 Å². The maximum atomic E-state index is 12.4. The number of hydrogen-bond donors (Lipinski definition) is 1. The van der Waals surface area contributed by atoms with E-state index < -0.39 is 0 Å². The topological polar surface area (TPSA) is 70.1 Å². The van der Waals surface area contributed by atoms with Gasteiger partial charge in [0.15, 0.2) is 0 Å². The molecule has 1 aliphatic heterocycles.